The van der Waals surface area contributed by atoms with Crippen LogP contribution in [0, 0.1) is 32.4 Å². The molecule has 0 radical (unpaired) electrons. The number of nitrogens with zero attached hydrogens (tertiary/aromatic N) is 1. The van der Waals surface area contributed by atoms with Crippen molar-refractivity contribution in [2.75, 3.05) is 0 Å². The Kier molecular flexibility index (Phi) is 3.61. The van der Waals surface area contributed by atoms with Crippen LogP contribution >= 0.6 is 11.3 Å². The lowest BCUT2D eigenvalue weighted by atomic mass is 10.2. The van der Waals surface area contributed by atoms with E-state index in [9.17, 15) is 8.78 Å². The normalized spacial score (nSPS) is 10.7. The zero-order chi connectivity index (χ0) is 13.3. The summed E-state index contributed by atoms with van der Waals surface area (Å²) in [6.07, 6.45) is 0. The number of aryl methyl sites for hydroxylation is 3. The summed E-state index contributed by atoms with van der Waals surface area (Å²) < 4.78 is 31.5. The molecule has 0 spiro atoms. The summed E-state index contributed by atoms with van der Waals surface area (Å²) in [5, 5.41) is 0.828. The van der Waals surface area contributed by atoms with Crippen LogP contribution in [-0.4, -0.2) is 4.98 Å². The maximum absolute atomic E-state index is 13.1. The van der Waals surface area contributed by atoms with Gasteiger partial charge in [-0.3, -0.25) is 0 Å². The van der Waals surface area contributed by atoms with Crippen molar-refractivity contribution in [2.24, 2.45) is 0 Å². The second-order valence-electron chi connectivity index (χ2n) is 4.07. The molecule has 0 aliphatic carbocycles. The second-order valence-corrected chi connectivity index (χ2v) is 5.36. The van der Waals surface area contributed by atoms with Gasteiger partial charge in [0.05, 0.1) is 5.69 Å². The summed E-state index contributed by atoms with van der Waals surface area (Å²) in [5.74, 6) is -1.41. The molecule has 2 aromatic rings. The van der Waals surface area contributed by atoms with E-state index in [2.05, 4.69) is 4.98 Å². The highest BCUT2D eigenvalue weighted by atomic mass is 32.1. The Morgan fingerprint density at radius 3 is 2.44 bits per heavy atom. The number of thiazole rings is 1. The van der Waals surface area contributed by atoms with Gasteiger partial charge in [0.15, 0.2) is 11.6 Å². The molecule has 0 saturated heterocycles. The highest BCUT2D eigenvalue weighted by Gasteiger charge is 2.09. The second kappa shape index (κ2) is 5.02. The highest BCUT2D eigenvalue weighted by molar-refractivity contribution is 7.11. The molecular formula is C13H13F2NOS. The first-order valence-corrected chi connectivity index (χ1v) is 6.30. The molecule has 96 valence electrons. The first-order valence-electron chi connectivity index (χ1n) is 5.48. The van der Waals surface area contributed by atoms with Crippen LogP contribution in [0.25, 0.3) is 0 Å². The van der Waals surface area contributed by atoms with Crippen molar-refractivity contribution in [3.63, 3.8) is 0 Å². The maximum Gasteiger partial charge on any atom is 0.162 e. The molecule has 1 heterocycles. The van der Waals surface area contributed by atoms with Gasteiger partial charge in [-0.2, -0.15) is 0 Å². The van der Waals surface area contributed by atoms with E-state index in [1.807, 2.05) is 13.8 Å². The van der Waals surface area contributed by atoms with Gasteiger partial charge in [0, 0.05) is 10.9 Å². The molecule has 0 fully saturated rings. The molecule has 0 aliphatic rings. The van der Waals surface area contributed by atoms with E-state index in [1.54, 1.807) is 18.3 Å². The smallest absolute Gasteiger partial charge is 0.162 e. The van der Waals surface area contributed by atoms with Crippen molar-refractivity contribution in [3.8, 4) is 5.75 Å². The molecule has 2 rings (SSSR count). The molecule has 5 heteroatoms. The van der Waals surface area contributed by atoms with Gasteiger partial charge in [-0.1, -0.05) is 0 Å². The Hall–Kier alpha value is -1.49. The zero-order valence-corrected chi connectivity index (χ0v) is 11.2. The summed E-state index contributed by atoms with van der Waals surface area (Å²) in [6.45, 7) is 5.86. The molecule has 18 heavy (non-hydrogen) atoms. The van der Waals surface area contributed by atoms with Gasteiger partial charge in [0.25, 0.3) is 0 Å². The van der Waals surface area contributed by atoms with Crippen LogP contribution in [0.3, 0.4) is 0 Å². The topological polar surface area (TPSA) is 22.1 Å². The molecule has 0 atom stereocenters. The molecule has 1 aromatic heterocycles. The van der Waals surface area contributed by atoms with Gasteiger partial charge in [0.2, 0.25) is 0 Å². The van der Waals surface area contributed by atoms with Crippen molar-refractivity contribution in [1.82, 2.24) is 4.98 Å². The zero-order valence-electron chi connectivity index (χ0n) is 10.4. The van der Waals surface area contributed by atoms with Crippen molar-refractivity contribution >= 4 is 11.3 Å². The minimum atomic E-state index is -0.901. The first kappa shape index (κ1) is 13.0. The molecule has 1 aromatic carbocycles. The van der Waals surface area contributed by atoms with Crippen LogP contribution in [0.1, 0.15) is 21.1 Å². The molecule has 0 bridgehead atoms. The monoisotopic (exact) mass is 269 g/mol. The van der Waals surface area contributed by atoms with Gasteiger partial charge in [-0.25, -0.2) is 13.8 Å². The fraction of sp³-hybridized carbons (Fsp3) is 0.308. The molecule has 2 nitrogen and oxygen atoms in total. The predicted molar refractivity (Wildman–Crippen MR) is 67.0 cm³/mol. The average molecular weight is 269 g/mol. The number of rotatable bonds is 3. The summed E-state index contributed by atoms with van der Waals surface area (Å²) in [5.41, 5.74) is 1.54. The number of hydrogen-bond acceptors (Lipinski definition) is 3. The van der Waals surface area contributed by atoms with Crippen LogP contribution in [-0.2, 0) is 6.61 Å². The van der Waals surface area contributed by atoms with E-state index in [1.165, 1.54) is 0 Å². The summed E-state index contributed by atoms with van der Waals surface area (Å²) in [6, 6.07) is 2.20. The molecule has 0 amide bonds. The Bertz CT molecular complexity index is 561. The lowest BCUT2D eigenvalue weighted by molar-refractivity contribution is 0.300. The third kappa shape index (κ3) is 2.67. The Morgan fingerprint density at radius 1 is 1.17 bits per heavy atom. The molecule has 0 unspecified atom stereocenters. The quantitative estimate of drug-likeness (QED) is 0.842. The molecular weight excluding hydrogens is 256 g/mol. The van der Waals surface area contributed by atoms with Crippen molar-refractivity contribution in [1.29, 1.82) is 0 Å². The number of hydrogen-bond donors (Lipinski definition) is 0. The summed E-state index contributed by atoms with van der Waals surface area (Å²) in [7, 11) is 0. The molecule has 0 saturated carbocycles. The molecule has 0 aliphatic heterocycles. The van der Waals surface area contributed by atoms with E-state index >= 15 is 0 Å². The van der Waals surface area contributed by atoms with Crippen LogP contribution < -0.4 is 4.74 Å². The first-order chi connectivity index (χ1) is 8.47. The number of halogens is 2. The van der Waals surface area contributed by atoms with Gasteiger partial charge in [0.1, 0.15) is 17.4 Å². The van der Waals surface area contributed by atoms with Crippen molar-refractivity contribution in [2.45, 2.75) is 27.4 Å². The van der Waals surface area contributed by atoms with E-state index in [4.69, 9.17) is 4.74 Å². The fourth-order valence-corrected chi connectivity index (χ4v) is 2.37. The van der Waals surface area contributed by atoms with E-state index < -0.39 is 11.6 Å². The van der Waals surface area contributed by atoms with Crippen LogP contribution in [0.4, 0.5) is 8.78 Å². The third-order valence-corrected chi connectivity index (χ3v) is 3.69. The van der Waals surface area contributed by atoms with E-state index in [-0.39, 0.29) is 6.61 Å². The van der Waals surface area contributed by atoms with Crippen molar-refractivity contribution < 1.29 is 13.5 Å². The van der Waals surface area contributed by atoms with Gasteiger partial charge in [-0.15, -0.1) is 11.3 Å². The number of aromatic nitrogens is 1. The van der Waals surface area contributed by atoms with E-state index in [0.29, 0.717) is 11.3 Å². The predicted octanol–water partition coefficient (Wildman–Crippen LogP) is 3.93. The Labute approximate surface area is 108 Å². The van der Waals surface area contributed by atoms with Crippen LogP contribution in [0.15, 0.2) is 12.1 Å². The average Bonchev–Trinajstić information content (AvgIpc) is 2.62. The van der Waals surface area contributed by atoms with Gasteiger partial charge in [-0.05, 0) is 32.4 Å². The largest absolute Gasteiger partial charge is 0.486 e. The third-order valence-electron chi connectivity index (χ3n) is 2.64. The lowest BCUT2D eigenvalue weighted by Crippen LogP contribution is -1.98. The number of ether oxygens (including phenoxy) is 1. The van der Waals surface area contributed by atoms with Crippen molar-refractivity contribution in [3.05, 3.63) is 44.9 Å². The number of benzene rings is 1. The standard InChI is InChI=1S/C13H13F2NOS/c1-7-4-10(14)11(15)5-12(7)17-6-13-16-8(2)9(3)18-13/h4-5H,6H2,1-3H3. The van der Waals surface area contributed by atoms with Crippen LogP contribution in [0.2, 0.25) is 0 Å². The lowest BCUT2D eigenvalue weighted by Gasteiger charge is -2.08. The fourth-order valence-electron chi connectivity index (χ4n) is 1.52. The molecule has 0 N–H and O–H groups in total. The van der Waals surface area contributed by atoms with Gasteiger partial charge < -0.3 is 4.74 Å². The Morgan fingerprint density at radius 2 is 1.83 bits per heavy atom. The minimum absolute atomic E-state index is 0.269. The summed E-state index contributed by atoms with van der Waals surface area (Å²) in [4.78, 5) is 5.46. The van der Waals surface area contributed by atoms with Crippen LogP contribution in [0.5, 0.6) is 5.75 Å². The van der Waals surface area contributed by atoms with Gasteiger partial charge >= 0.3 is 0 Å². The SMILES string of the molecule is Cc1cc(F)c(F)cc1OCc1nc(C)c(C)s1. The van der Waals surface area contributed by atoms with E-state index in [0.717, 1.165) is 27.7 Å². The minimum Gasteiger partial charge on any atom is -0.486 e. The highest BCUT2D eigenvalue weighted by Crippen LogP contribution is 2.24. The Balaban J connectivity index is 2.13. The summed E-state index contributed by atoms with van der Waals surface area (Å²) >= 11 is 1.54. The maximum atomic E-state index is 13.1.